The lowest BCUT2D eigenvalue weighted by Gasteiger charge is -2.30. The average Bonchev–Trinajstić information content (AvgIpc) is 2.64. The minimum Gasteiger partial charge on any atom is -0.328 e. The highest BCUT2D eigenvalue weighted by Crippen LogP contribution is 2.23. The van der Waals surface area contributed by atoms with Crippen molar-refractivity contribution in [1.29, 1.82) is 0 Å². The molecule has 0 radical (unpaired) electrons. The Kier molecular flexibility index (Phi) is 7.39. The molecule has 1 atom stereocenters. The number of anilines is 1. The van der Waals surface area contributed by atoms with Gasteiger partial charge in [-0.1, -0.05) is 19.9 Å². The lowest BCUT2D eigenvalue weighted by Crippen LogP contribution is -3.29. The highest BCUT2D eigenvalue weighted by atomic mass is 32.2. The van der Waals surface area contributed by atoms with Gasteiger partial charge in [-0.05, 0) is 31.5 Å². The van der Waals surface area contributed by atoms with Crippen LogP contribution < -0.4 is 15.1 Å². The van der Waals surface area contributed by atoms with Gasteiger partial charge < -0.3 is 15.1 Å². The minimum atomic E-state index is -3.56. The van der Waals surface area contributed by atoms with E-state index in [0.29, 0.717) is 24.3 Å². The van der Waals surface area contributed by atoms with Crippen LogP contribution in [0.25, 0.3) is 0 Å². The van der Waals surface area contributed by atoms with E-state index in [2.05, 4.69) is 12.4 Å². The van der Waals surface area contributed by atoms with Gasteiger partial charge in [0.2, 0.25) is 10.0 Å². The van der Waals surface area contributed by atoms with Crippen molar-refractivity contribution in [3.63, 3.8) is 0 Å². The monoisotopic (exact) mass is 398 g/mol. The number of carbonyl (C=O) groups excluding carboxylic acids is 1. The van der Waals surface area contributed by atoms with Crippen LogP contribution in [0.15, 0.2) is 23.1 Å². The molecule has 8 heteroatoms. The first kappa shape index (κ1) is 21.8. The average molecular weight is 399 g/mol. The molecule has 0 saturated carbocycles. The molecule has 3 N–H and O–H groups in total. The Morgan fingerprint density at radius 1 is 1.19 bits per heavy atom. The number of nitrogens with zero attached hydrogens (tertiary/aromatic N) is 1. The van der Waals surface area contributed by atoms with Crippen molar-refractivity contribution in [1.82, 2.24) is 4.31 Å². The fourth-order valence-corrected chi connectivity index (χ4v) is 5.23. The summed E-state index contributed by atoms with van der Waals surface area (Å²) in [5.41, 5.74) is 1.21. The summed E-state index contributed by atoms with van der Waals surface area (Å²) in [7, 11) is -1.39. The molecule has 1 aromatic carbocycles. The molecule has 1 saturated heterocycles. The van der Waals surface area contributed by atoms with Crippen LogP contribution in [0.4, 0.5) is 5.69 Å². The van der Waals surface area contributed by atoms with Crippen molar-refractivity contribution < 1.29 is 23.0 Å². The van der Waals surface area contributed by atoms with Crippen LogP contribution in [0.3, 0.4) is 0 Å². The summed E-state index contributed by atoms with van der Waals surface area (Å²) in [6.45, 7) is 12.3. The van der Waals surface area contributed by atoms with Crippen molar-refractivity contribution in [2.45, 2.75) is 38.6 Å². The molecule has 152 valence electrons. The molecule has 0 aliphatic carbocycles. The van der Waals surface area contributed by atoms with Crippen molar-refractivity contribution in [3.8, 4) is 0 Å². The summed E-state index contributed by atoms with van der Waals surface area (Å²) in [5.74, 6) is -0.0698. The summed E-state index contributed by atoms with van der Waals surface area (Å²) >= 11 is 0. The van der Waals surface area contributed by atoms with Gasteiger partial charge in [-0.25, -0.2) is 8.42 Å². The lowest BCUT2D eigenvalue weighted by molar-refractivity contribution is -1.01. The van der Waals surface area contributed by atoms with E-state index in [4.69, 9.17) is 0 Å². The number of likely N-dealkylation sites (N-methyl/N-ethyl adjacent to an activating group) is 1. The third kappa shape index (κ3) is 5.07. The molecule has 0 unspecified atom stereocenters. The molecule has 27 heavy (non-hydrogen) atoms. The summed E-state index contributed by atoms with van der Waals surface area (Å²) < 4.78 is 27.2. The number of sulfonamides is 1. The van der Waals surface area contributed by atoms with E-state index in [-0.39, 0.29) is 16.8 Å². The number of nitrogens with one attached hydrogen (secondary N) is 3. The molecule has 1 aliphatic rings. The fourth-order valence-electron chi connectivity index (χ4n) is 3.53. The van der Waals surface area contributed by atoms with Crippen molar-refractivity contribution >= 4 is 21.6 Å². The Balaban J connectivity index is 2.17. The Bertz CT molecular complexity index is 754. The van der Waals surface area contributed by atoms with Gasteiger partial charge in [0.1, 0.15) is 26.2 Å². The van der Waals surface area contributed by atoms with Gasteiger partial charge in [-0.3, -0.25) is 4.79 Å². The van der Waals surface area contributed by atoms with Crippen LogP contribution in [-0.2, 0) is 14.8 Å². The van der Waals surface area contributed by atoms with E-state index >= 15 is 0 Å². The smallest absolute Gasteiger partial charge is 0.282 e. The zero-order valence-corrected chi connectivity index (χ0v) is 17.9. The van der Waals surface area contributed by atoms with Crippen LogP contribution in [-0.4, -0.2) is 71.0 Å². The second-order valence-electron chi connectivity index (χ2n) is 7.40. The number of amides is 1. The standard InChI is InChI=1S/C19H32N4O3S/c1-6-23(7-2)27(25,26)18-14-17(9-8-15(18)3)20-19(24)16(4)22-12-10-21(5)11-13-22/h8-9,14,16H,6-7,10-13H2,1-5H3,(H,20,24)/p+2/t16-/m0/s1. The molecular weight excluding hydrogens is 364 g/mol. The van der Waals surface area contributed by atoms with Crippen molar-refractivity contribution in [2.75, 3.05) is 51.6 Å². The second kappa shape index (κ2) is 9.14. The summed E-state index contributed by atoms with van der Waals surface area (Å²) in [6.07, 6.45) is 0. The maximum atomic E-state index is 12.9. The zero-order chi connectivity index (χ0) is 20.2. The Morgan fingerprint density at radius 3 is 2.33 bits per heavy atom. The van der Waals surface area contributed by atoms with E-state index < -0.39 is 10.0 Å². The molecule has 0 aromatic heterocycles. The molecule has 2 rings (SSSR count). The minimum absolute atomic E-state index is 0.0698. The van der Waals surface area contributed by atoms with Crippen LogP contribution in [0.1, 0.15) is 26.3 Å². The molecule has 1 fully saturated rings. The molecular formula is C19H34N4O3S+2. The number of aryl methyl sites for hydroxylation is 1. The molecule has 1 aliphatic heterocycles. The number of hydrogen-bond donors (Lipinski definition) is 3. The maximum absolute atomic E-state index is 12.9. The quantitative estimate of drug-likeness (QED) is 0.538. The molecule has 1 heterocycles. The van der Waals surface area contributed by atoms with E-state index in [1.165, 1.54) is 14.1 Å². The third-order valence-corrected chi connectivity index (χ3v) is 7.72. The lowest BCUT2D eigenvalue weighted by atomic mass is 10.2. The van der Waals surface area contributed by atoms with Crippen LogP contribution in [0.5, 0.6) is 0 Å². The fraction of sp³-hybridized carbons (Fsp3) is 0.632. The van der Waals surface area contributed by atoms with Gasteiger partial charge in [0.15, 0.2) is 6.04 Å². The predicted molar refractivity (Wildman–Crippen MR) is 107 cm³/mol. The molecule has 0 spiro atoms. The highest BCUT2D eigenvalue weighted by molar-refractivity contribution is 7.89. The Hall–Kier alpha value is -1.48. The van der Waals surface area contributed by atoms with Crippen molar-refractivity contribution in [2.24, 2.45) is 0 Å². The maximum Gasteiger partial charge on any atom is 0.282 e. The van der Waals surface area contributed by atoms with E-state index in [0.717, 1.165) is 26.2 Å². The number of quaternary nitrogens is 2. The third-order valence-electron chi connectivity index (χ3n) is 5.53. The molecule has 1 amide bonds. The number of benzene rings is 1. The van der Waals surface area contributed by atoms with Crippen LogP contribution >= 0.6 is 0 Å². The second-order valence-corrected chi connectivity index (χ2v) is 9.30. The normalized spacial score (nSPS) is 21.9. The topological polar surface area (TPSA) is 75.4 Å². The van der Waals surface area contributed by atoms with Crippen molar-refractivity contribution in [3.05, 3.63) is 23.8 Å². The zero-order valence-electron chi connectivity index (χ0n) is 17.1. The van der Waals surface area contributed by atoms with Gasteiger partial charge >= 0.3 is 0 Å². The Labute approximate surface area is 163 Å². The first-order chi connectivity index (χ1) is 12.7. The molecule has 0 bridgehead atoms. The van der Waals surface area contributed by atoms with Crippen LogP contribution in [0.2, 0.25) is 0 Å². The van der Waals surface area contributed by atoms with Gasteiger partial charge in [0, 0.05) is 18.8 Å². The van der Waals surface area contributed by atoms with E-state index in [1.807, 2.05) is 20.8 Å². The first-order valence-corrected chi connectivity index (χ1v) is 11.2. The number of piperazine rings is 1. The summed E-state index contributed by atoms with van der Waals surface area (Å²) in [5, 5.41) is 2.92. The van der Waals surface area contributed by atoms with E-state index in [1.54, 1.807) is 25.1 Å². The van der Waals surface area contributed by atoms with E-state index in [9.17, 15) is 13.2 Å². The van der Waals surface area contributed by atoms with Gasteiger partial charge in [-0.2, -0.15) is 4.31 Å². The Morgan fingerprint density at radius 2 is 1.78 bits per heavy atom. The van der Waals surface area contributed by atoms with Gasteiger partial charge in [0.25, 0.3) is 5.91 Å². The van der Waals surface area contributed by atoms with Gasteiger partial charge in [-0.15, -0.1) is 0 Å². The number of carbonyl (C=O) groups is 1. The van der Waals surface area contributed by atoms with Crippen LogP contribution in [0, 0.1) is 6.92 Å². The largest absolute Gasteiger partial charge is 0.328 e. The first-order valence-electron chi connectivity index (χ1n) is 9.78. The van der Waals surface area contributed by atoms with Gasteiger partial charge in [0.05, 0.1) is 11.9 Å². The molecule has 7 nitrogen and oxygen atoms in total. The number of hydrogen-bond acceptors (Lipinski definition) is 3. The molecule has 1 aromatic rings. The number of rotatable bonds is 7. The summed E-state index contributed by atoms with van der Waals surface area (Å²) in [4.78, 5) is 15.7. The predicted octanol–water partition coefficient (Wildman–Crippen LogP) is -1.23. The SMILES string of the molecule is CCN(CC)S(=O)(=O)c1cc(NC(=O)[C@H](C)[NH+]2CC[NH+](C)CC2)ccc1C. The highest BCUT2D eigenvalue weighted by Gasteiger charge is 2.30. The summed E-state index contributed by atoms with van der Waals surface area (Å²) in [6, 6.07) is 4.94.